The number of amides is 1. The molecule has 0 saturated heterocycles. The molecule has 1 amide bonds. The van der Waals surface area contributed by atoms with E-state index in [4.69, 9.17) is 4.74 Å². The molecule has 0 spiro atoms. The van der Waals surface area contributed by atoms with Gasteiger partial charge in [0, 0.05) is 27.9 Å². The van der Waals surface area contributed by atoms with Crippen molar-refractivity contribution in [1.82, 2.24) is 0 Å². The molecule has 1 aliphatic rings. The van der Waals surface area contributed by atoms with Crippen LogP contribution in [-0.2, 0) is 4.79 Å². The molecule has 144 valence electrons. The molecule has 0 bridgehead atoms. The highest BCUT2D eigenvalue weighted by molar-refractivity contribution is 6.28. The van der Waals surface area contributed by atoms with E-state index in [2.05, 4.69) is 5.32 Å². The fourth-order valence-electron chi connectivity index (χ4n) is 3.48. The Kier molecular flexibility index (Phi) is 4.72. The number of fused-ring (bicyclic) bond motifs is 2. The monoisotopic (exact) mass is 385 g/mol. The third-order valence-corrected chi connectivity index (χ3v) is 4.90. The molecule has 5 nitrogen and oxygen atoms in total. The zero-order chi connectivity index (χ0) is 20.5. The summed E-state index contributed by atoms with van der Waals surface area (Å²) in [5, 5.41) is 2.73. The number of anilines is 1. The first-order valence-corrected chi connectivity index (χ1v) is 9.26. The second kappa shape index (κ2) is 7.36. The van der Waals surface area contributed by atoms with E-state index < -0.39 is 0 Å². The van der Waals surface area contributed by atoms with Gasteiger partial charge in [-0.1, -0.05) is 42.0 Å². The highest BCUT2D eigenvalue weighted by Crippen LogP contribution is 2.29. The van der Waals surface area contributed by atoms with Gasteiger partial charge in [0.25, 0.3) is 5.91 Å². The van der Waals surface area contributed by atoms with Gasteiger partial charge in [-0.25, -0.2) is 0 Å². The quantitative estimate of drug-likeness (QED) is 0.574. The number of carbonyl (C=O) groups is 3. The Morgan fingerprint density at radius 1 is 0.828 bits per heavy atom. The van der Waals surface area contributed by atoms with E-state index in [1.54, 1.807) is 42.5 Å². The largest absolute Gasteiger partial charge is 0.483 e. The topological polar surface area (TPSA) is 72.5 Å². The molecule has 0 aromatic heterocycles. The molecular formula is C24H19NO4. The van der Waals surface area contributed by atoms with Crippen LogP contribution >= 0.6 is 0 Å². The van der Waals surface area contributed by atoms with Crippen molar-refractivity contribution in [3.05, 3.63) is 94.0 Å². The van der Waals surface area contributed by atoms with Crippen LogP contribution in [-0.4, -0.2) is 24.1 Å². The number of ether oxygens (including phenoxy) is 1. The van der Waals surface area contributed by atoms with Gasteiger partial charge in [0.15, 0.2) is 18.2 Å². The highest BCUT2D eigenvalue weighted by Gasteiger charge is 2.29. The Labute approximate surface area is 168 Å². The average molecular weight is 385 g/mol. The van der Waals surface area contributed by atoms with Crippen molar-refractivity contribution in [2.75, 3.05) is 11.9 Å². The Bertz CT molecular complexity index is 1160. The normalized spacial score (nSPS) is 12.2. The van der Waals surface area contributed by atoms with E-state index in [-0.39, 0.29) is 24.1 Å². The van der Waals surface area contributed by atoms with Gasteiger partial charge in [-0.15, -0.1) is 0 Å². The Balaban J connectivity index is 1.50. The maximum Gasteiger partial charge on any atom is 0.262 e. The summed E-state index contributed by atoms with van der Waals surface area (Å²) in [6.45, 7) is 3.75. The van der Waals surface area contributed by atoms with Gasteiger partial charge >= 0.3 is 0 Å². The maximum atomic E-state index is 12.8. The number of hydrogen-bond donors (Lipinski definition) is 1. The number of rotatable bonds is 4. The Hall–Kier alpha value is -3.73. The minimum atomic E-state index is -0.347. The van der Waals surface area contributed by atoms with Gasteiger partial charge in [0.2, 0.25) is 0 Å². The summed E-state index contributed by atoms with van der Waals surface area (Å²) in [4.78, 5) is 37.7. The van der Waals surface area contributed by atoms with Crippen molar-refractivity contribution in [2.45, 2.75) is 13.8 Å². The van der Waals surface area contributed by atoms with Gasteiger partial charge in [-0.05, 0) is 43.7 Å². The molecule has 5 heteroatoms. The SMILES string of the molecule is Cc1ccc(OCC(=O)Nc2ccc3c(c2)C(=O)c2ccccc2C3=O)c(C)c1. The molecule has 0 radical (unpaired) electrons. The number of benzene rings is 3. The zero-order valence-electron chi connectivity index (χ0n) is 16.1. The van der Waals surface area contributed by atoms with E-state index in [1.165, 1.54) is 0 Å². The number of ketones is 2. The molecule has 0 saturated carbocycles. The second-order valence-corrected chi connectivity index (χ2v) is 7.07. The van der Waals surface area contributed by atoms with Crippen molar-refractivity contribution in [3.8, 4) is 5.75 Å². The predicted molar refractivity (Wildman–Crippen MR) is 110 cm³/mol. The van der Waals surface area contributed by atoms with Gasteiger partial charge in [-0.2, -0.15) is 0 Å². The molecule has 0 atom stereocenters. The maximum absolute atomic E-state index is 12.8. The molecule has 4 rings (SSSR count). The Morgan fingerprint density at radius 2 is 1.48 bits per heavy atom. The van der Waals surface area contributed by atoms with Crippen LogP contribution in [0.3, 0.4) is 0 Å². The molecule has 1 N–H and O–H groups in total. The van der Waals surface area contributed by atoms with Crippen molar-refractivity contribution >= 4 is 23.2 Å². The first-order valence-electron chi connectivity index (χ1n) is 9.26. The molecule has 0 fully saturated rings. The van der Waals surface area contributed by atoms with Crippen LogP contribution in [0.15, 0.2) is 60.7 Å². The molecule has 0 aliphatic heterocycles. The fraction of sp³-hybridized carbons (Fsp3) is 0.125. The van der Waals surface area contributed by atoms with E-state index in [0.29, 0.717) is 33.7 Å². The van der Waals surface area contributed by atoms with Gasteiger partial charge < -0.3 is 10.1 Å². The van der Waals surface area contributed by atoms with E-state index in [9.17, 15) is 14.4 Å². The van der Waals surface area contributed by atoms with E-state index in [0.717, 1.165) is 11.1 Å². The summed E-state index contributed by atoms with van der Waals surface area (Å²) >= 11 is 0. The third kappa shape index (κ3) is 3.55. The molecule has 3 aromatic rings. The van der Waals surface area contributed by atoms with Crippen LogP contribution in [0.2, 0.25) is 0 Å². The molecular weight excluding hydrogens is 366 g/mol. The van der Waals surface area contributed by atoms with Gasteiger partial charge in [0.05, 0.1) is 0 Å². The number of nitrogens with one attached hydrogen (secondary N) is 1. The lowest BCUT2D eigenvalue weighted by Crippen LogP contribution is -2.23. The summed E-state index contributed by atoms with van der Waals surface area (Å²) in [7, 11) is 0. The summed E-state index contributed by atoms with van der Waals surface area (Å²) in [5.41, 5.74) is 3.94. The summed E-state index contributed by atoms with van der Waals surface area (Å²) in [6, 6.07) is 17.2. The lowest BCUT2D eigenvalue weighted by atomic mass is 9.84. The summed E-state index contributed by atoms with van der Waals surface area (Å²) in [5.74, 6) is -0.113. The van der Waals surface area contributed by atoms with Crippen LogP contribution in [0.1, 0.15) is 43.0 Å². The predicted octanol–water partition coefficient (Wildman–Crippen LogP) is 4.10. The minimum Gasteiger partial charge on any atom is -0.483 e. The van der Waals surface area contributed by atoms with Crippen molar-refractivity contribution in [2.24, 2.45) is 0 Å². The fourth-order valence-corrected chi connectivity index (χ4v) is 3.48. The number of aryl methyl sites for hydroxylation is 2. The Morgan fingerprint density at radius 3 is 2.17 bits per heavy atom. The smallest absolute Gasteiger partial charge is 0.262 e. The molecule has 29 heavy (non-hydrogen) atoms. The molecule has 0 heterocycles. The van der Waals surface area contributed by atoms with Crippen molar-refractivity contribution in [1.29, 1.82) is 0 Å². The molecule has 3 aromatic carbocycles. The number of hydrogen-bond acceptors (Lipinski definition) is 4. The second-order valence-electron chi connectivity index (χ2n) is 7.07. The van der Waals surface area contributed by atoms with E-state index in [1.807, 2.05) is 32.0 Å². The van der Waals surface area contributed by atoms with Crippen LogP contribution in [0.4, 0.5) is 5.69 Å². The summed E-state index contributed by atoms with van der Waals surface area (Å²) < 4.78 is 5.59. The molecule has 1 aliphatic carbocycles. The van der Waals surface area contributed by atoms with Crippen LogP contribution in [0.5, 0.6) is 5.75 Å². The van der Waals surface area contributed by atoms with Crippen molar-refractivity contribution < 1.29 is 19.1 Å². The molecule has 0 unspecified atom stereocenters. The van der Waals surface area contributed by atoms with Crippen molar-refractivity contribution in [3.63, 3.8) is 0 Å². The van der Waals surface area contributed by atoms with Crippen LogP contribution in [0.25, 0.3) is 0 Å². The first kappa shape index (κ1) is 18.6. The standard InChI is InChI=1S/C24H19NO4/c1-14-7-10-21(15(2)11-14)29-13-22(26)25-16-8-9-19-20(12-16)24(28)18-6-4-3-5-17(18)23(19)27/h3-12H,13H2,1-2H3,(H,25,26). The number of carbonyl (C=O) groups excluding carboxylic acids is 3. The zero-order valence-corrected chi connectivity index (χ0v) is 16.1. The lowest BCUT2D eigenvalue weighted by molar-refractivity contribution is -0.118. The van der Waals surface area contributed by atoms with E-state index >= 15 is 0 Å². The van der Waals surface area contributed by atoms with Crippen LogP contribution < -0.4 is 10.1 Å². The average Bonchev–Trinajstić information content (AvgIpc) is 2.71. The van der Waals surface area contributed by atoms with Gasteiger partial charge in [0.1, 0.15) is 5.75 Å². The minimum absolute atomic E-state index is 0.156. The first-order chi connectivity index (χ1) is 13.9. The van der Waals surface area contributed by atoms with Crippen LogP contribution in [0, 0.1) is 13.8 Å². The lowest BCUT2D eigenvalue weighted by Gasteiger charge is -2.18. The highest BCUT2D eigenvalue weighted by atomic mass is 16.5. The summed E-state index contributed by atoms with van der Waals surface area (Å²) in [6.07, 6.45) is 0. The third-order valence-electron chi connectivity index (χ3n) is 4.90. The van der Waals surface area contributed by atoms with Gasteiger partial charge in [-0.3, -0.25) is 14.4 Å².